The van der Waals surface area contributed by atoms with Crippen LogP contribution in [-0.2, 0) is 9.59 Å². The molecule has 1 saturated heterocycles. The van der Waals surface area contributed by atoms with Gasteiger partial charge >= 0.3 is 5.91 Å². The molecule has 0 aliphatic carbocycles. The highest BCUT2D eigenvalue weighted by molar-refractivity contribution is 7.22. The molecule has 1 aliphatic heterocycles. The minimum atomic E-state index is -1.06. The number of rotatable bonds is 11. The number of thiazole rings is 1. The SMILES string of the molecule is C=CCOc1ccc(C2C(=C(O)c3ccc(OCCC)cc3)C(=O)C(=O)N2c2nc3ccc(F)cc3s2)cc1OCC. The van der Waals surface area contributed by atoms with Crippen molar-refractivity contribution in [3.63, 3.8) is 0 Å². The van der Waals surface area contributed by atoms with E-state index in [2.05, 4.69) is 11.6 Å². The number of ether oxygens (including phenoxy) is 3. The van der Waals surface area contributed by atoms with Crippen LogP contribution in [0.3, 0.4) is 0 Å². The van der Waals surface area contributed by atoms with Crippen LogP contribution in [0.1, 0.15) is 37.4 Å². The monoisotopic (exact) mass is 588 g/mol. The van der Waals surface area contributed by atoms with Crippen LogP contribution in [0.4, 0.5) is 9.52 Å². The van der Waals surface area contributed by atoms with E-state index >= 15 is 0 Å². The highest BCUT2D eigenvalue weighted by Gasteiger charge is 2.48. The highest BCUT2D eigenvalue weighted by atomic mass is 32.1. The van der Waals surface area contributed by atoms with E-state index < -0.39 is 23.5 Å². The van der Waals surface area contributed by atoms with Crippen molar-refractivity contribution >= 4 is 44.1 Å². The van der Waals surface area contributed by atoms with Crippen LogP contribution < -0.4 is 19.1 Å². The average molecular weight is 589 g/mol. The number of aliphatic hydroxyl groups excluding tert-OH is 1. The summed E-state index contributed by atoms with van der Waals surface area (Å²) in [5.74, 6) is -1.07. The predicted octanol–water partition coefficient (Wildman–Crippen LogP) is 6.81. The third kappa shape index (κ3) is 5.58. The summed E-state index contributed by atoms with van der Waals surface area (Å²) in [4.78, 5) is 33.0. The van der Waals surface area contributed by atoms with Gasteiger partial charge in [-0.2, -0.15) is 0 Å². The van der Waals surface area contributed by atoms with Crippen molar-refractivity contribution in [3.8, 4) is 17.2 Å². The Hall–Kier alpha value is -4.70. The molecule has 1 fully saturated rings. The number of nitrogens with zero attached hydrogens (tertiary/aromatic N) is 2. The molecule has 4 aromatic rings. The largest absolute Gasteiger partial charge is 0.507 e. The van der Waals surface area contributed by atoms with Crippen LogP contribution in [-0.4, -0.2) is 41.6 Å². The fraction of sp³-hybridized carbons (Fsp3) is 0.219. The van der Waals surface area contributed by atoms with E-state index in [-0.39, 0.29) is 23.1 Å². The molecule has 1 aliphatic rings. The first-order valence-electron chi connectivity index (χ1n) is 13.5. The summed E-state index contributed by atoms with van der Waals surface area (Å²) >= 11 is 1.07. The summed E-state index contributed by atoms with van der Waals surface area (Å²) < 4.78 is 31.7. The van der Waals surface area contributed by atoms with Crippen molar-refractivity contribution < 1.29 is 33.3 Å². The van der Waals surface area contributed by atoms with Crippen LogP contribution >= 0.6 is 11.3 Å². The second-order valence-corrected chi connectivity index (χ2v) is 10.4. The van der Waals surface area contributed by atoms with Gasteiger partial charge in [-0.3, -0.25) is 14.5 Å². The number of carbonyl (C=O) groups is 2. The number of aromatic nitrogens is 1. The Morgan fingerprint density at radius 1 is 1.05 bits per heavy atom. The lowest BCUT2D eigenvalue weighted by molar-refractivity contribution is -0.132. The Labute approximate surface area is 246 Å². The minimum Gasteiger partial charge on any atom is -0.507 e. The van der Waals surface area contributed by atoms with Gasteiger partial charge in [0.2, 0.25) is 0 Å². The van der Waals surface area contributed by atoms with Gasteiger partial charge in [-0.1, -0.05) is 37.0 Å². The normalized spacial score (nSPS) is 16.2. The minimum absolute atomic E-state index is 0.116. The van der Waals surface area contributed by atoms with Gasteiger partial charge in [-0.15, -0.1) is 0 Å². The number of fused-ring (bicyclic) bond motifs is 1. The quantitative estimate of drug-likeness (QED) is 0.0889. The van der Waals surface area contributed by atoms with Gasteiger partial charge < -0.3 is 19.3 Å². The van der Waals surface area contributed by atoms with Crippen molar-refractivity contribution in [1.82, 2.24) is 4.98 Å². The first-order valence-corrected chi connectivity index (χ1v) is 14.3. The van der Waals surface area contributed by atoms with Crippen molar-refractivity contribution in [2.75, 3.05) is 24.7 Å². The molecule has 216 valence electrons. The summed E-state index contributed by atoms with van der Waals surface area (Å²) in [6.45, 7) is 8.62. The van der Waals surface area contributed by atoms with E-state index in [9.17, 15) is 19.1 Å². The molecule has 3 aromatic carbocycles. The first-order chi connectivity index (χ1) is 20.4. The number of anilines is 1. The second-order valence-electron chi connectivity index (χ2n) is 9.39. The lowest BCUT2D eigenvalue weighted by Crippen LogP contribution is -2.29. The van der Waals surface area contributed by atoms with Gasteiger partial charge in [-0.25, -0.2) is 9.37 Å². The fourth-order valence-electron chi connectivity index (χ4n) is 4.65. The van der Waals surface area contributed by atoms with E-state index in [4.69, 9.17) is 14.2 Å². The molecular weight excluding hydrogens is 559 g/mol. The zero-order chi connectivity index (χ0) is 29.8. The van der Waals surface area contributed by atoms with Gasteiger partial charge in [-0.05, 0) is 73.5 Å². The van der Waals surface area contributed by atoms with Gasteiger partial charge in [0.1, 0.15) is 23.9 Å². The van der Waals surface area contributed by atoms with Gasteiger partial charge in [0.05, 0.1) is 35.0 Å². The van der Waals surface area contributed by atoms with Crippen molar-refractivity contribution in [2.24, 2.45) is 0 Å². The molecule has 0 saturated carbocycles. The molecule has 2 heterocycles. The Morgan fingerprint density at radius 2 is 1.83 bits per heavy atom. The average Bonchev–Trinajstić information content (AvgIpc) is 3.52. The molecule has 42 heavy (non-hydrogen) atoms. The van der Waals surface area contributed by atoms with E-state index in [1.807, 2.05) is 13.8 Å². The number of carbonyl (C=O) groups excluding carboxylic acids is 2. The highest BCUT2D eigenvalue weighted by Crippen LogP contribution is 2.46. The number of halogens is 1. The number of amides is 1. The van der Waals surface area contributed by atoms with Gasteiger partial charge in [0.15, 0.2) is 16.6 Å². The molecule has 0 spiro atoms. The standard InChI is InChI=1S/C32H29FN2O6S/c1-4-15-40-22-11-7-19(8-12-22)29(36)27-28(20-9-14-24(41-16-5-2)25(17-20)39-6-3)35(31(38)30(27)37)32-34-23-13-10-21(33)18-26(23)42-32/h5,7-14,17-18,28,36H,2,4,6,15-16H2,1,3H3. The van der Waals surface area contributed by atoms with Crippen molar-refractivity contribution in [1.29, 1.82) is 0 Å². The Morgan fingerprint density at radius 3 is 2.55 bits per heavy atom. The first kappa shape index (κ1) is 28.8. The van der Waals surface area contributed by atoms with Crippen LogP contribution in [0.25, 0.3) is 16.0 Å². The summed E-state index contributed by atoms with van der Waals surface area (Å²) in [5, 5.41) is 11.7. The maximum absolute atomic E-state index is 14.0. The second kappa shape index (κ2) is 12.4. The lowest BCUT2D eigenvalue weighted by atomic mass is 9.95. The predicted molar refractivity (Wildman–Crippen MR) is 160 cm³/mol. The molecule has 1 amide bonds. The van der Waals surface area contributed by atoms with Crippen LogP contribution in [0.2, 0.25) is 0 Å². The molecule has 5 rings (SSSR count). The lowest BCUT2D eigenvalue weighted by Gasteiger charge is -2.24. The maximum atomic E-state index is 14.0. The third-order valence-electron chi connectivity index (χ3n) is 6.53. The smallest absolute Gasteiger partial charge is 0.301 e. The number of benzene rings is 3. The molecular formula is C32H29FN2O6S. The maximum Gasteiger partial charge on any atom is 0.301 e. The molecule has 1 N–H and O–H groups in total. The van der Waals surface area contributed by atoms with E-state index in [0.29, 0.717) is 51.8 Å². The van der Waals surface area contributed by atoms with E-state index in [1.165, 1.54) is 23.1 Å². The topological polar surface area (TPSA) is 98.2 Å². The molecule has 10 heteroatoms. The van der Waals surface area contributed by atoms with Crippen molar-refractivity contribution in [2.45, 2.75) is 26.3 Å². The molecule has 8 nitrogen and oxygen atoms in total. The Kier molecular flexibility index (Phi) is 8.53. The zero-order valence-electron chi connectivity index (χ0n) is 23.1. The fourth-order valence-corrected chi connectivity index (χ4v) is 5.67. The van der Waals surface area contributed by atoms with Gasteiger partial charge in [0, 0.05) is 5.56 Å². The summed E-state index contributed by atoms with van der Waals surface area (Å²) in [5.41, 5.74) is 1.18. The number of Topliss-reactive ketones (excluding diaryl/α,β-unsaturated/α-hetero) is 1. The van der Waals surface area contributed by atoms with Crippen LogP contribution in [0.15, 0.2) is 78.9 Å². The van der Waals surface area contributed by atoms with E-state index in [1.54, 1.807) is 48.5 Å². The molecule has 1 aromatic heterocycles. The third-order valence-corrected chi connectivity index (χ3v) is 7.55. The summed E-state index contributed by atoms with van der Waals surface area (Å²) in [7, 11) is 0. The number of hydrogen-bond acceptors (Lipinski definition) is 8. The number of aliphatic hydroxyl groups is 1. The molecule has 0 bridgehead atoms. The Balaban J connectivity index is 1.67. The molecule has 1 unspecified atom stereocenters. The molecule has 0 radical (unpaired) electrons. The number of ketones is 1. The van der Waals surface area contributed by atoms with Crippen molar-refractivity contribution in [3.05, 3.63) is 95.8 Å². The van der Waals surface area contributed by atoms with Gasteiger partial charge in [0.25, 0.3) is 5.78 Å². The molecule has 1 atom stereocenters. The van der Waals surface area contributed by atoms with Crippen LogP contribution in [0.5, 0.6) is 17.2 Å². The number of hydrogen-bond donors (Lipinski definition) is 1. The summed E-state index contributed by atoms with van der Waals surface area (Å²) in [6, 6.07) is 14.7. The Bertz CT molecular complexity index is 1680. The zero-order valence-corrected chi connectivity index (χ0v) is 23.9. The van der Waals surface area contributed by atoms with Crippen LogP contribution in [0, 0.1) is 5.82 Å². The summed E-state index contributed by atoms with van der Waals surface area (Å²) in [6.07, 6.45) is 2.44. The van der Waals surface area contributed by atoms with E-state index in [0.717, 1.165) is 17.8 Å².